The van der Waals surface area contributed by atoms with Crippen LogP contribution in [0, 0.1) is 0 Å². The van der Waals surface area contributed by atoms with Crippen molar-refractivity contribution in [3.05, 3.63) is 41.0 Å². The van der Waals surface area contributed by atoms with Crippen molar-refractivity contribution >= 4 is 6.08 Å². The minimum Gasteiger partial charge on any atom is -0.327 e. The minimum atomic E-state index is -4.29. The van der Waals surface area contributed by atoms with Gasteiger partial charge < -0.3 is 5.73 Å². The van der Waals surface area contributed by atoms with Gasteiger partial charge in [0.2, 0.25) is 0 Å². The summed E-state index contributed by atoms with van der Waals surface area (Å²) in [5.74, 6) is 0. The van der Waals surface area contributed by atoms with Crippen molar-refractivity contribution < 1.29 is 13.2 Å². The summed E-state index contributed by atoms with van der Waals surface area (Å²) in [5.41, 5.74) is 6.08. The Bertz CT molecular complexity index is 366. The first-order valence-electron chi connectivity index (χ1n) is 4.48. The fourth-order valence-electron chi connectivity index (χ4n) is 1.15. The van der Waals surface area contributed by atoms with Crippen molar-refractivity contribution in [3.63, 3.8) is 0 Å². The van der Waals surface area contributed by atoms with Gasteiger partial charge in [-0.3, -0.25) is 0 Å². The normalized spacial score (nSPS) is 13.0. The van der Waals surface area contributed by atoms with Crippen LogP contribution in [0.5, 0.6) is 0 Å². The van der Waals surface area contributed by atoms with Crippen LogP contribution in [0.2, 0.25) is 0 Å². The van der Waals surface area contributed by atoms with E-state index in [1.807, 2.05) is 0 Å². The van der Waals surface area contributed by atoms with Gasteiger partial charge in [0, 0.05) is 6.54 Å². The quantitative estimate of drug-likeness (QED) is 0.806. The second kappa shape index (κ2) is 4.49. The zero-order valence-electron chi connectivity index (χ0n) is 8.31. The van der Waals surface area contributed by atoms with Gasteiger partial charge in [0.05, 0.1) is 5.56 Å². The molecule has 0 amide bonds. The topological polar surface area (TPSA) is 26.0 Å². The van der Waals surface area contributed by atoms with Gasteiger partial charge in [-0.1, -0.05) is 23.8 Å². The van der Waals surface area contributed by atoms with Crippen molar-refractivity contribution in [2.75, 3.05) is 6.54 Å². The van der Waals surface area contributed by atoms with Gasteiger partial charge in [-0.25, -0.2) is 0 Å². The van der Waals surface area contributed by atoms with Crippen LogP contribution >= 0.6 is 0 Å². The standard InChI is InChI=1S/C11H12F3N/c1-8(7-15)5-9-3-2-4-10(6-9)11(12,13)14/h2-6H,7,15H2,1H3. The molecule has 0 unspecified atom stereocenters. The lowest BCUT2D eigenvalue weighted by atomic mass is 10.1. The lowest BCUT2D eigenvalue weighted by Crippen LogP contribution is -2.04. The highest BCUT2D eigenvalue weighted by molar-refractivity contribution is 5.53. The summed E-state index contributed by atoms with van der Waals surface area (Å²) in [6, 6.07) is 5.17. The summed E-state index contributed by atoms with van der Waals surface area (Å²) in [4.78, 5) is 0. The third kappa shape index (κ3) is 3.40. The zero-order valence-corrected chi connectivity index (χ0v) is 8.31. The van der Waals surface area contributed by atoms with Gasteiger partial charge in [0.25, 0.3) is 0 Å². The van der Waals surface area contributed by atoms with E-state index in [0.717, 1.165) is 17.7 Å². The summed E-state index contributed by atoms with van der Waals surface area (Å²) in [7, 11) is 0. The van der Waals surface area contributed by atoms with Crippen LogP contribution in [-0.2, 0) is 6.18 Å². The molecule has 0 saturated heterocycles. The van der Waals surface area contributed by atoms with E-state index in [1.54, 1.807) is 19.1 Å². The van der Waals surface area contributed by atoms with Crippen LogP contribution < -0.4 is 5.73 Å². The highest BCUT2D eigenvalue weighted by Crippen LogP contribution is 2.29. The Morgan fingerprint density at radius 2 is 2.07 bits per heavy atom. The molecule has 82 valence electrons. The molecule has 4 heteroatoms. The molecule has 1 rings (SSSR count). The van der Waals surface area contributed by atoms with Crippen molar-refractivity contribution in [3.8, 4) is 0 Å². The highest BCUT2D eigenvalue weighted by Gasteiger charge is 2.30. The summed E-state index contributed by atoms with van der Waals surface area (Å²) < 4.78 is 37.0. The smallest absolute Gasteiger partial charge is 0.327 e. The lowest BCUT2D eigenvalue weighted by Gasteiger charge is -2.07. The first-order chi connectivity index (χ1) is 6.93. The molecule has 0 atom stereocenters. The van der Waals surface area contributed by atoms with E-state index in [-0.39, 0.29) is 0 Å². The number of alkyl halides is 3. The number of rotatable bonds is 2. The number of benzene rings is 1. The Labute approximate surface area is 86.4 Å². The minimum absolute atomic E-state index is 0.343. The molecule has 0 bridgehead atoms. The molecule has 0 aliphatic carbocycles. The van der Waals surface area contributed by atoms with E-state index in [2.05, 4.69) is 0 Å². The van der Waals surface area contributed by atoms with Crippen molar-refractivity contribution in [1.29, 1.82) is 0 Å². The third-order valence-corrected chi connectivity index (χ3v) is 1.95. The van der Waals surface area contributed by atoms with Crippen LogP contribution in [0.3, 0.4) is 0 Å². The van der Waals surface area contributed by atoms with Crippen molar-refractivity contribution in [2.24, 2.45) is 5.73 Å². The van der Waals surface area contributed by atoms with Crippen LogP contribution in [0.15, 0.2) is 29.8 Å². The molecule has 15 heavy (non-hydrogen) atoms. The molecule has 0 fully saturated rings. The zero-order chi connectivity index (χ0) is 11.5. The van der Waals surface area contributed by atoms with Gasteiger partial charge in [-0.15, -0.1) is 0 Å². The van der Waals surface area contributed by atoms with E-state index in [0.29, 0.717) is 12.1 Å². The summed E-state index contributed by atoms with van der Waals surface area (Å²) in [5, 5.41) is 0. The molecule has 0 aliphatic rings. The highest BCUT2D eigenvalue weighted by atomic mass is 19.4. The molecule has 2 N–H and O–H groups in total. The number of hydrogen-bond donors (Lipinski definition) is 1. The largest absolute Gasteiger partial charge is 0.416 e. The molecule has 1 nitrogen and oxygen atoms in total. The summed E-state index contributed by atoms with van der Waals surface area (Å²) in [6.45, 7) is 2.12. The number of hydrogen-bond acceptors (Lipinski definition) is 1. The average molecular weight is 215 g/mol. The third-order valence-electron chi connectivity index (χ3n) is 1.95. The first kappa shape index (κ1) is 11.8. The van der Waals surface area contributed by atoms with E-state index < -0.39 is 11.7 Å². The van der Waals surface area contributed by atoms with Gasteiger partial charge in [-0.05, 0) is 24.6 Å². The molecule has 0 heterocycles. The molecular formula is C11H12F3N. The molecular weight excluding hydrogens is 203 g/mol. The fraction of sp³-hybridized carbons (Fsp3) is 0.273. The molecule has 0 saturated carbocycles. The Morgan fingerprint density at radius 1 is 1.40 bits per heavy atom. The van der Waals surface area contributed by atoms with E-state index >= 15 is 0 Å². The lowest BCUT2D eigenvalue weighted by molar-refractivity contribution is -0.137. The molecule has 0 radical (unpaired) electrons. The predicted molar refractivity (Wildman–Crippen MR) is 54.1 cm³/mol. The maximum absolute atomic E-state index is 12.3. The van der Waals surface area contributed by atoms with Crippen LogP contribution in [0.25, 0.3) is 6.08 Å². The molecule has 1 aromatic carbocycles. The number of halogens is 3. The van der Waals surface area contributed by atoms with Gasteiger partial charge in [0.1, 0.15) is 0 Å². The molecule has 0 aromatic heterocycles. The SMILES string of the molecule is CC(=Cc1cccc(C(F)(F)F)c1)CN. The first-order valence-corrected chi connectivity index (χ1v) is 4.48. The predicted octanol–water partition coefficient (Wildman–Crippen LogP) is 3.07. The average Bonchev–Trinajstić information content (AvgIpc) is 2.17. The van der Waals surface area contributed by atoms with Crippen molar-refractivity contribution in [1.82, 2.24) is 0 Å². The fourth-order valence-corrected chi connectivity index (χ4v) is 1.15. The maximum atomic E-state index is 12.3. The van der Waals surface area contributed by atoms with Crippen LogP contribution in [0.4, 0.5) is 13.2 Å². The Hall–Kier alpha value is -1.29. The molecule has 0 spiro atoms. The monoisotopic (exact) mass is 215 g/mol. The Balaban J connectivity index is 3.04. The Morgan fingerprint density at radius 3 is 2.60 bits per heavy atom. The maximum Gasteiger partial charge on any atom is 0.416 e. The van der Waals surface area contributed by atoms with Crippen molar-refractivity contribution in [2.45, 2.75) is 13.1 Å². The number of nitrogens with two attached hydrogens (primary N) is 1. The second-order valence-corrected chi connectivity index (χ2v) is 3.32. The van der Waals surface area contributed by atoms with Gasteiger partial charge in [-0.2, -0.15) is 13.2 Å². The summed E-state index contributed by atoms with van der Waals surface area (Å²) in [6.07, 6.45) is -2.64. The van der Waals surface area contributed by atoms with E-state index in [9.17, 15) is 13.2 Å². The van der Waals surface area contributed by atoms with Crippen LogP contribution in [-0.4, -0.2) is 6.54 Å². The second-order valence-electron chi connectivity index (χ2n) is 3.32. The molecule has 0 aliphatic heterocycles. The van der Waals surface area contributed by atoms with E-state index in [4.69, 9.17) is 5.73 Å². The summed E-state index contributed by atoms with van der Waals surface area (Å²) >= 11 is 0. The van der Waals surface area contributed by atoms with Gasteiger partial charge in [0.15, 0.2) is 0 Å². The van der Waals surface area contributed by atoms with Crippen LogP contribution in [0.1, 0.15) is 18.1 Å². The van der Waals surface area contributed by atoms with Gasteiger partial charge >= 0.3 is 6.18 Å². The van der Waals surface area contributed by atoms with E-state index in [1.165, 1.54) is 6.07 Å². The molecule has 1 aromatic rings. The Kier molecular flexibility index (Phi) is 3.52.